The highest BCUT2D eigenvalue weighted by Gasteiger charge is 2.55. The molecule has 0 radical (unpaired) electrons. The Morgan fingerprint density at radius 2 is 1.72 bits per heavy atom. The first-order valence-electron chi connectivity index (χ1n) is 13.5. The van der Waals surface area contributed by atoms with Crippen LogP contribution in [0.4, 0.5) is 5.69 Å². The summed E-state index contributed by atoms with van der Waals surface area (Å²) in [6, 6.07) is 12.0. The third-order valence-electron chi connectivity index (χ3n) is 7.69. The molecular formula is C31H34ClN3O4. The molecule has 2 aliphatic heterocycles. The molecule has 1 saturated carbocycles. The van der Waals surface area contributed by atoms with Gasteiger partial charge in [0.15, 0.2) is 6.04 Å². The second kappa shape index (κ2) is 11.3. The van der Waals surface area contributed by atoms with Crippen molar-refractivity contribution in [3.63, 3.8) is 0 Å². The number of halogens is 1. The molecule has 0 saturated heterocycles. The van der Waals surface area contributed by atoms with E-state index in [0.29, 0.717) is 10.7 Å². The van der Waals surface area contributed by atoms with Gasteiger partial charge in [0.2, 0.25) is 5.91 Å². The number of rotatable bonds is 7. The van der Waals surface area contributed by atoms with Crippen LogP contribution in [-0.2, 0) is 25.7 Å². The van der Waals surface area contributed by atoms with E-state index in [1.54, 1.807) is 12.1 Å². The van der Waals surface area contributed by atoms with E-state index >= 15 is 0 Å². The number of hydrogen-bond acceptors (Lipinski definition) is 4. The number of nitrogens with one attached hydrogen (secondary N) is 2. The van der Waals surface area contributed by atoms with Gasteiger partial charge in [-0.2, -0.15) is 0 Å². The van der Waals surface area contributed by atoms with Gasteiger partial charge < -0.3 is 20.3 Å². The maximum atomic E-state index is 14.0. The van der Waals surface area contributed by atoms with Crippen LogP contribution in [-0.4, -0.2) is 40.8 Å². The Balaban J connectivity index is 1.47. The van der Waals surface area contributed by atoms with Crippen molar-refractivity contribution in [3.8, 4) is 0 Å². The molecule has 5 rings (SSSR count). The zero-order valence-electron chi connectivity index (χ0n) is 22.3. The lowest BCUT2D eigenvalue weighted by Gasteiger charge is -2.31. The highest BCUT2D eigenvalue weighted by Crippen LogP contribution is 2.43. The number of ether oxygens (including phenoxy) is 1. The number of carbonyl (C=O) groups excluding carboxylic acids is 3. The molecule has 8 heteroatoms. The van der Waals surface area contributed by atoms with Crippen LogP contribution in [0, 0.1) is 19.8 Å². The topological polar surface area (TPSA) is 87.7 Å². The molecule has 3 aliphatic rings. The molecule has 3 atom stereocenters. The summed E-state index contributed by atoms with van der Waals surface area (Å²) in [6.45, 7) is 7.95. The minimum atomic E-state index is -0.966. The third-order valence-corrected chi connectivity index (χ3v) is 7.94. The lowest BCUT2D eigenvalue weighted by atomic mass is 9.93. The smallest absolute Gasteiger partial charge is 0.255 e. The van der Waals surface area contributed by atoms with Crippen molar-refractivity contribution in [2.45, 2.75) is 70.7 Å². The fourth-order valence-electron chi connectivity index (χ4n) is 5.93. The number of aryl methyl sites for hydroxylation is 2. The molecule has 3 unspecified atom stereocenters. The van der Waals surface area contributed by atoms with Gasteiger partial charge in [-0.05, 0) is 67.6 Å². The Labute approximate surface area is 234 Å². The number of carbonyl (C=O) groups is 3. The van der Waals surface area contributed by atoms with E-state index in [9.17, 15) is 14.4 Å². The molecule has 1 aliphatic carbocycles. The predicted molar refractivity (Wildman–Crippen MR) is 151 cm³/mol. The summed E-state index contributed by atoms with van der Waals surface area (Å²) < 4.78 is 6.19. The van der Waals surface area contributed by atoms with Crippen molar-refractivity contribution in [2.75, 3.05) is 5.32 Å². The zero-order chi connectivity index (χ0) is 27.7. The van der Waals surface area contributed by atoms with Crippen LogP contribution >= 0.6 is 11.6 Å². The number of anilines is 1. The molecule has 2 N–H and O–H groups in total. The molecular weight excluding hydrogens is 514 g/mol. The summed E-state index contributed by atoms with van der Waals surface area (Å²) >= 11 is 6.07. The van der Waals surface area contributed by atoms with Crippen molar-refractivity contribution in [3.05, 3.63) is 88.2 Å². The molecule has 2 heterocycles. The van der Waals surface area contributed by atoms with E-state index in [1.165, 1.54) is 11.0 Å². The Hall–Kier alpha value is -3.58. The standard InChI is InChI=1S/C31H34ClN3O4/c1-4-24-25(29(36)34-23-15-18(2)14-19(3)16-23)26-28(39-24)27(30(37)33-22-8-6-5-7-9-22)35(31(26)38)17-20-10-12-21(32)13-11-20/h4,10-16,22,24-25,27H,1,5-9,17H2,2-3H3,(H,33,37)(H,34,36). The van der Waals surface area contributed by atoms with Crippen LogP contribution < -0.4 is 10.6 Å². The largest absolute Gasteiger partial charge is 0.486 e. The van der Waals surface area contributed by atoms with E-state index < -0.39 is 18.1 Å². The first-order valence-corrected chi connectivity index (χ1v) is 13.9. The van der Waals surface area contributed by atoms with Crippen LogP contribution in [0.5, 0.6) is 0 Å². The summed E-state index contributed by atoms with van der Waals surface area (Å²) in [5, 5.41) is 6.69. The Bertz CT molecular complexity index is 1310. The molecule has 0 bridgehead atoms. The van der Waals surface area contributed by atoms with Gasteiger partial charge in [-0.3, -0.25) is 14.4 Å². The monoisotopic (exact) mass is 547 g/mol. The van der Waals surface area contributed by atoms with Crippen molar-refractivity contribution in [1.82, 2.24) is 10.2 Å². The summed E-state index contributed by atoms with van der Waals surface area (Å²) in [5.41, 5.74) is 3.71. The van der Waals surface area contributed by atoms with Crippen LogP contribution in [0.25, 0.3) is 0 Å². The van der Waals surface area contributed by atoms with E-state index in [1.807, 2.05) is 44.2 Å². The number of amides is 3. The van der Waals surface area contributed by atoms with Crippen molar-refractivity contribution >= 4 is 35.0 Å². The molecule has 0 spiro atoms. The molecule has 0 aromatic heterocycles. The second-order valence-corrected chi connectivity index (χ2v) is 11.2. The zero-order valence-corrected chi connectivity index (χ0v) is 23.1. The lowest BCUT2D eigenvalue weighted by Crippen LogP contribution is -2.50. The Morgan fingerprint density at radius 1 is 1.05 bits per heavy atom. The van der Waals surface area contributed by atoms with E-state index in [0.717, 1.165) is 48.8 Å². The van der Waals surface area contributed by atoms with Gasteiger partial charge in [-0.25, -0.2) is 0 Å². The van der Waals surface area contributed by atoms with Crippen LogP contribution in [0.1, 0.15) is 48.8 Å². The van der Waals surface area contributed by atoms with Gasteiger partial charge >= 0.3 is 0 Å². The molecule has 204 valence electrons. The quantitative estimate of drug-likeness (QED) is 0.466. The average Bonchev–Trinajstić information content (AvgIpc) is 3.40. The lowest BCUT2D eigenvalue weighted by molar-refractivity contribution is -0.138. The van der Waals surface area contributed by atoms with Gasteiger partial charge in [0.25, 0.3) is 11.8 Å². The third kappa shape index (κ3) is 5.59. The average molecular weight is 548 g/mol. The molecule has 39 heavy (non-hydrogen) atoms. The van der Waals surface area contributed by atoms with Gasteiger partial charge in [-0.15, -0.1) is 0 Å². The van der Waals surface area contributed by atoms with E-state index in [4.69, 9.17) is 16.3 Å². The SMILES string of the molecule is C=CC1OC2=C(C(=O)N(Cc3ccc(Cl)cc3)C2C(=O)NC2CCCCC2)C1C(=O)Nc1cc(C)cc(C)c1. The number of hydrogen-bond donors (Lipinski definition) is 2. The van der Waals surface area contributed by atoms with Crippen LogP contribution in [0.2, 0.25) is 5.02 Å². The Morgan fingerprint density at radius 3 is 2.36 bits per heavy atom. The fraction of sp³-hybridized carbons (Fsp3) is 0.387. The summed E-state index contributed by atoms with van der Waals surface area (Å²) in [5.74, 6) is -1.72. The summed E-state index contributed by atoms with van der Waals surface area (Å²) in [6.07, 6.45) is 5.87. The van der Waals surface area contributed by atoms with Gasteiger partial charge in [0.05, 0.1) is 5.57 Å². The fourth-order valence-corrected chi connectivity index (χ4v) is 6.05. The molecule has 2 aromatic rings. The van der Waals surface area contributed by atoms with Gasteiger partial charge in [0.1, 0.15) is 17.8 Å². The summed E-state index contributed by atoms with van der Waals surface area (Å²) in [7, 11) is 0. The maximum absolute atomic E-state index is 14.0. The normalized spacial score (nSPS) is 22.9. The first kappa shape index (κ1) is 27.0. The predicted octanol–water partition coefficient (Wildman–Crippen LogP) is 5.21. The molecule has 7 nitrogen and oxygen atoms in total. The van der Waals surface area contributed by atoms with Crippen LogP contribution in [0.3, 0.4) is 0 Å². The molecule has 2 aromatic carbocycles. The van der Waals surface area contributed by atoms with Crippen molar-refractivity contribution in [2.24, 2.45) is 5.92 Å². The van der Waals surface area contributed by atoms with Crippen molar-refractivity contribution < 1.29 is 19.1 Å². The highest BCUT2D eigenvalue weighted by atomic mass is 35.5. The molecule has 1 fully saturated rings. The van der Waals surface area contributed by atoms with Crippen molar-refractivity contribution in [1.29, 1.82) is 0 Å². The number of benzene rings is 2. The molecule has 3 amide bonds. The van der Waals surface area contributed by atoms with Gasteiger partial charge in [0, 0.05) is 23.3 Å². The second-order valence-electron chi connectivity index (χ2n) is 10.7. The van der Waals surface area contributed by atoms with Crippen LogP contribution in [0.15, 0.2) is 66.5 Å². The first-order chi connectivity index (χ1) is 18.7. The maximum Gasteiger partial charge on any atom is 0.255 e. The Kier molecular flexibility index (Phi) is 7.80. The van der Waals surface area contributed by atoms with E-state index in [-0.39, 0.29) is 41.6 Å². The summed E-state index contributed by atoms with van der Waals surface area (Å²) in [4.78, 5) is 42.8. The van der Waals surface area contributed by atoms with E-state index in [2.05, 4.69) is 17.2 Å². The minimum absolute atomic E-state index is 0.0589. The number of nitrogens with zero attached hydrogens (tertiary/aromatic N) is 1. The highest BCUT2D eigenvalue weighted by molar-refractivity contribution is 6.30. The minimum Gasteiger partial charge on any atom is -0.486 e. The van der Waals surface area contributed by atoms with Gasteiger partial charge in [-0.1, -0.05) is 61.7 Å².